The van der Waals surface area contributed by atoms with Crippen LogP contribution >= 0.6 is 15.9 Å². The summed E-state index contributed by atoms with van der Waals surface area (Å²) in [5, 5.41) is 0. The highest BCUT2D eigenvalue weighted by Crippen LogP contribution is 2.33. The second kappa shape index (κ2) is 3.55. The second-order valence-corrected chi connectivity index (χ2v) is 4.92. The first-order chi connectivity index (χ1) is 6.59. The lowest BCUT2D eigenvalue weighted by atomic mass is 10.2. The van der Waals surface area contributed by atoms with Gasteiger partial charge in [-0.1, -0.05) is 15.9 Å². The lowest BCUT2D eigenvalue weighted by molar-refractivity contribution is 0.279. The van der Waals surface area contributed by atoms with Gasteiger partial charge >= 0.3 is 0 Å². The van der Waals surface area contributed by atoms with Crippen molar-refractivity contribution in [3.05, 3.63) is 28.2 Å². The maximum absolute atomic E-state index is 5.93. The molecule has 76 valence electrons. The van der Waals surface area contributed by atoms with Crippen LogP contribution in [0.15, 0.2) is 22.7 Å². The summed E-state index contributed by atoms with van der Waals surface area (Å²) in [6, 6.07) is 5.99. The van der Waals surface area contributed by atoms with Gasteiger partial charge in [0.1, 0.15) is 12.4 Å². The normalized spacial score (nSPS) is 17.9. The molecule has 0 saturated heterocycles. The van der Waals surface area contributed by atoms with Crippen molar-refractivity contribution in [1.82, 2.24) is 0 Å². The van der Waals surface area contributed by atoms with Crippen LogP contribution in [0.5, 0.6) is 5.75 Å². The summed E-state index contributed by atoms with van der Waals surface area (Å²) in [5.74, 6) is 0.905. The van der Waals surface area contributed by atoms with Crippen molar-refractivity contribution in [3.63, 3.8) is 0 Å². The average molecular weight is 256 g/mol. The molecule has 0 spiro atoms. The van der Waals surface area contributed by atoms with E-state index in [2.05, 4.69) is 15.9 Å². The van der Waals surface area contributed by atoms with Crippen LogP contribution < -0.4 is 10.5 Å². The number of hydrogen-bond donors (Lipinski definition) is 1. The van der Waals surface area contributed by atoms with E-state index in [0.717, 1.165) is 23.1 Å². The third-order valence-corrected chi connectivity index (χ3v) is 3.44. The molecule has 0 aromatic heterocycles. The smallest absolute Gasteiger partial charge is 0.119 e. The Bertz CT molecular complexity index is 347. The van der Waals surface area contributed by atoms with Gasteiger partial charge in [-0.3, -0.25) is 0 Å². The molecule has 0 unspecified atom stereocenters. The molecule has 1 saturated carbocycles. The van der Waals surface area contributed by atoms with Crippen LogP contribution in [0, 0.1) is 6.92 Å². The molecule has 1 aromatic rings. The minimum Gasteiger partial charge on any atom is -0.492 e. The molecule has 1 aliphatic carbocycles. The monoisotopic (exact) mass is 255 g/mol. The molecular formula is C11H14BrNO. The molecular weight excluding hydrogens is 242 g/mol. The van der Waals surface area contributed by atoms with Crippen LogP contribution in [0.3, 0.4) is 0 Å². The molecule has 1 aliphatic rings. The fraction of sp³-hybridized carbons (Fsp3) is 0.455. The van der Waals surface area contributed by atoms with Gasteiger partial charge in [-0.2, -0.15) is 0 Å². The van der Waals surface area contributed by atoms with Gasteiger partial charge < -0.3 is 10.5 Å². The molecule has 1 fully saturated rings. The number of rotatable bonds is 3. The van der Waals surface area contributed by atoms with Crippen LogP contribution in [-0.2, 0) is 0 Å². The Morgan fingerprint density at radius 3 is 2.79 bits per heavy atom. The topological polar surface area (TPSA) is 35.2 Å². The van der Waals surface area contributed by atoms with Crippen LogP contribution in [0.1, 0.15) is 18.4 Å². The van der Waals surface area contributed by atoms with Gasteiger partial charge in [0.15, 0.2) is 0 Å². The Hall–Kier alpha value is -0.540. The summed E-state index contributed by atoms with van der Waals surface area (Å²) >= 11 is 3.45. The van der Waals surface area contributed by atoms with Gasteiger partial charge in [-0.25, -0.2) is 0 Å². The van der Waals surface area contributed by atoms with Crippen molar-refractivity contribution in [2.75, 3.05) is 6.61 Å². The van der Waals surface area contributed by atoms with Crippen molar-refractivity contribution in [2.24, 2.45) is 5.73 Å². The molecule has 1 aromatic carbocycles. The van der Waals surface area contributed by atoms with E-state index in [0.29, 0.717) is 6.61 Å². The third-order valence-electron chi connectivity index (χ3n) is 2.55. The largest absolute Gasteiger partial charge is 0.492 e. The Morgan fingerprint density at radius 1 is 1.50 bits per heavy atom. The molecule has 2 nitrogen and oxygen atoms in total. The Morgan fingerprint density at radius 2 is 2.21 bits per heavy atom. The minimum absolute atomic E-state index is 0.0407. The van der Waals surface area contributed by atoms with Crippen molar-refractivity contribution in [2.45, 2.75) is 25.3 Å². The lowest BCUT2D eigenvalue weighted by Crippen LogP contribution is -2.29. The van der Waals surface area contributed by atoms with Gasteiger partial charge in [0.2, 0.25) is 0 Å². The summed E-state index contributed by atoms with van der Waals surface area (Å²) in [4.78, 5) is 0. The number of aryl methyl sites for hydroxylation is 1. The molecule has 0 radical (unpaired) electrons. The number of ether oxygens (including phenoxy) is 1. The quantitative estimate of drug-likeness (QED) is 0.902. The number of nitrogens with two attached hydrogens (primary N) is 1. The van der Waals surface area contributed by atoms with E-state index in [1.165, 1.54) is 5.56 Å². The molecule has 0 bridgehead atoms. The first-order valence-corrected chi connectivity index (χ1v) is 5.56. The molecule has 3 heteroatoms. The van der Waals surface area contributed by atoms with Gasteiger partial charge in [0.25, 0.3) is 0 Å². The zero-order chi connectivity index (χ0) is 10.2. The maximum atomic E-state index is 5.93. The predicted molar refractivity (Wildman–Crippen MR) is 60.5 cm³/mol. The van der Waals surface area contributed by atoms with E-state index in [4.69, 9.17) is 10.5 Å². The summed E-state index contributed by atoms with van der Waals surface area (Å²) in [5.41, 5.74) is 7.07. The Balaban J connectivity index is 1.99. The molecule has 0 amide bonds. The summed E-state index contributed by atoms with van der Waals surface area (Å²) in [6.45, 7) is 2.68. The van der Waals surface area contributed by atoms with E-state index in [9.17, 15) is 0 Å². The van der Waals surface area contributed by atoms with E-state index in [1.54, 1.807) is 0 Å². The number of benzene rings is 1. The first kappa shape index (κ1) is 9.99. The van der Waals surface area contributed by atoms with Crippen molar-refractivity contribution >= 4 is 15.9 Å². The van der Waals surface area contributed by atoms with Gasteiger partial charge in [-0.15, -0.1) is 0 Å². The molecule has 2 rings (SSSR count). The standard InChI is InChI=1S/C11H14BrNO/c1-8-6-9(2-3-10(8)12)14-7-11(13)4-5-11/h2-3,6H,4-5,7,13H2,1H3. The van der Waals surface area contributed by atoms with Crippen LogP contribution in [0.4, 0.5) is 0 Å². The van der Waals surface area contributed by atoms with Crippen LogP contribution in [-0.4, -0.2) is 12.1 Å². The zero-order valence-corrected chi connectivity index (χ0v) is 9.80. The highest BCUT2D eigenvalue weighted by molar-refractivity contribution is 9.10. The average Bonchev–Trinajstić information content (AvgIpc) is 2.87. The summed E-state index contributed by atoms with van der Waals surface area (Å²) in [6.07, 6.45) is 2.17. The van der Waals surface area contributed by atoms with Gasteiger partial charge in [-0.05, 0) is 43.5 Å². The molecule has 2 N–H and O–H groups in total. The SMILES string of the molecule is Cc1cc(OCC2(N)CC2)ccc1Br. The molecule has 0 heterocycles. The van der Waals surface area contributed by atoms with E-state index < -0.39 is 0 Å². The van der Waals surface area contributed by atoms with Crippen LogP contribution in [0.25, 0.3) is 0 Å². The zero-order valence-electron chi connectivity index (χ0n) is 8.22. The fourth-order valence-electron chi connectivity index (χ4n) is 1.24. The predicted octanol–water partition coefficient (Wildman–Crippen LogP) is 2.63. The maximum Gasteiger partial charge on any atom is 0.119 e. The van der Waals surface area contributed by atoms with E-state index in [1.807, 2.05) is 25.1 Å². The Labute approximate surface area is 92.6 Å². The van der Waals surface area contributed by atoms with Crippen molar-refractivity contribution < 1.29 is 4.74 Å². The third kappa shape index (κ3) is 2.28. The number of hydrogen-bond acceptors (Lipinski definition) is 2. The van der Waals surface area contributed by atoms with Gasteiger partial charge in [0.05, 0.1) is 5.54 Å². The molecule has 0 aliphatic heterocycles. The second-order valence-electron chi connectivity index (χ2n) is 4.06. The molecule has 14 heavy (non-hydrogen) atoms. The summed E-state index contributed by atoms with van der Waals surface area (Å²) in [7, 11) is 0. The Kier molecular flexibility index (Phi) is 2.54. The highest BCUT2D eigenvalue weighted by atomic mass is 79.9. The summed E-state index contributed by atoms with van der Waals surface area (Å²) < 4.78 is 6.73. The first-order valence-electron chi connectivity index (χ1n) is 4.77. The van der Waals surface area contributed by atoms with E-state index in [-0.39, 0.29) is 5.54 Å². The molecule has 0 atom stereocenters. The highest BCUT2D eigenvalue weighted by Gasteiger charge is 2.39. The lowest BCUT2D eigenvalue weighted by Gasteiger charge is -2.11. The minimum atomic E-state index is -0.0407. The van der Waals surface area contributed by atoms with Crippen molar-refractivity contribution in [1.29, 1.82) is 0 Å². The van der Waals surface area contributed by atoms with Gasteiger partial charge in [0, 0.05) is 4.47 Å². The van der Waals surface area contributed by atoms with E-state index >= 15 is 0 Å². The van der Waals surface area contributed by atoms with Crippen molar-refractivity contribution in [3.8, 4) is 5.75 Å². The van der Waals surface area contributed by atoms with Crippen LogP contribution in [0.2, 0.25) is 0 Å². The number of halogens is 1. The fourth-order valence-corrected chi connectivity index (χ4v) is 1.49.